The van der Waals surface area contributed by atoms with Crippen LogP contribution in [0.3, 0.4) is 0 Å². The normalized spacial score (nSPS) is 15.5. The molecule has 2 atom stereocenters. The van der Waals surface area contributed by atoms with Gasteiger partial charge in [0.05, 0.1) is 12.2 Å². The Kier molecular flexibility index (Phi) is 5.00. The number of aliphatic hydroxyl groups is 2. The molecule has 74 valence electrons. The van der Waals surface area contributed by atoms with Crippen LogP contribution in [0, 0.1) is 11.5 Å². The smallest absolute Gasteiger partial charge is 0.129 e. The minimum Gasteiger partial charge on any atom is -0.389 e. The lowest BCUT2D eigenvalue weighted by Crippen LogP contribution is -2.23. The maximum atomic E-state index is 9.31. The molecule has 0 saturated heterocycles. The van der Waals surface area contributed by atoms with Gasteiger partial charge in [0.1, 0.15) is 8.07 Å². The molecule has 0 saturated carbocycles. The Hall–Kier alpha value is -0.563. The summed E-state index contributed by atoms with van der Waals surface area (Å²) in [6.45, 7) is 9.79. The summed E-state index contributed by atoms with van der Waals surface area (Å²) in [6.07, 6.45) is -0.0320. The zero-order chi connectivity index (χ0) is 10.5. The van der Waals surface area contributed by atoms with Gasteiger partial charge in [0.25, 0.3) is 0 Å². The third-order valence-corrected chi connectivity index (χ3v) is 2.34. The highest BCUT2D eigenvalue weighted by Gasteiger charge is 2.11. The lowest BCUT2D eigenvalue weighted by atomic mass is 10.1. The van der Waals surface area contributed by atoms with Gasteiger partial charge in [-0.2, -0.15) is 0 Å². The molecule has 0 fully saturated rings. The summed E-state index contributed by atoms with van der Waals surface area (Å²) in [6, 6.07) is 0. The molecule has 0 heterocycles. The summed E-state index contributed by atoms with van der Waals surface area (Å²) < 4.78 is 0. The van der Waals surface area contributed by atoms with Gasteiger partial charge < -0.3 is 10.2 Å². The lowest BCUT2D eigenvalue weighted by Gasteiger charge is -2.10. The van der Waals surface area contributed by atoms with Crippen molar-refractivity contribution >= 4 is 8.07 Å². The van der Waals surface area contributed by atoms with Crippen molar-refractivity contribution in [2.45, 2.75) is 38.3 Å². The second kappa shape index (κ2) is 5.23. The van der Waals surface area contributed by atoms with Crippen LogP contribution < -0.4 is 0 Å². The molecule has 0 aromatic heterocycles. The molecule has 0 bridgehead atoms. The fourth-order valence-corrected chi connectivity index (χ4v) is 1.33. The van der Waals surface area contributed by atoms with Crippen LogP contribution in [0.1, 0.15) is 6.42 Å². The van der Waals surface area contributed by atoms with E-state index in [1.807, 2.05) is 0 Å². The van der Waals surface area contributed by atoms with Crippen molar-refractivity contribution in [3.05, 3.63) is 12.7 Å². The fraction of sp³-hybridized carbons (Fsp3) is 0.600. The van der Waals surface area contributed by atoms with Gasteiger partial charge in [-0.1, -0.05) is 25.7 Å². The molecule has 0 aliphatic rings. The van der Waals surface area contributed by atoms with E-state index in [1.54, 1.807) is 0 Å². The molecule has 0 amide bonds. The predicted octanol–water partition coefficient (Wildman–Crippen LogP) is 1.17. The molecule has 0 radical (unpaired) electrons. The Bertz CT molecular complexity index is 219. The van der Waals surface area contributed by atoms with Gasteiger partial charge in [-0.15, -0.1) is 18.0 Å². The molecule has 2 N–H and O–H groups in total. The topological polar surface area (TPSA) is 40.5 Å². The van der Waals surface area contributed by atoms with E-state index in [1.165, 1.54) is 6.08 Å². The second-order valence-corrected chi connectivity index (χ2v) is 8.80. The van der Waals surface area contributed by atoms with E-state index >= 15 is 0 Å². The van der Waals surface area contributed by atoms with Crippen LogP contribution in [-0.2, 0) is 0 Å². The third kappa shape index (κ3) is 6.58. The highest BCUT2D eigenvalue weighted by Crippen LogP contribution is 2.01. The molecule has 0 aliphatic carbocycles. The summed E-state index contributed by atoms with van der Waals surface area (Å²) in [5.41, 5.74) is 3.12. The zero-order valence-electron chi connectivity index (χ0n) is 8.54. The molecule has 2 nitrogen and oxygen atoms in total. The Morgan fingerprint density at radius 3 is 2.31 bits per heavy atom. The predicted molar refractivity (Wildman–Crippen MR) is 57.9 cm³/mol. The van der Waals surface area contributed by atoms with Gasteiger partial charge in [0.2, 0.25) is 0 Å². The average molecular weight is 198 g/mol. The van der Waals surface area contributed by atoms with E-state index in [0.29, 0.717) is 6.42 Å². The lowest BCUT2D eigenvalue weighted by molar-refractivity contribution is 0.0528. The van der Waals surface area contributed by atoms with Crippen LogP contribution in [0.25, 0.3) is 0 Å². The third-order valence-electron chi connectivity index (χ3n) is 1.41. The first kappa shape index (κ1) is 12.4. The van der Waals surface area contributed by atoms with Gasteiger partial charge in [-0.3, -0.25) is 0 Å². The molecule has 0 unspecified atom stereocenters. The molecule has 0 aromatic carbocycles. The van der Waals surface area contributed by atoms with Crippen LogP contribution in [0.4, 0.5) is 0 Å². The van der Waals surface area contributed by atoms with Gasteiger partial charge in [-0.05, 0) is 0 Å². The van der Waals surface area contributed by atoms with Crippen LogP contribution in [0.5, 0.6) is 0 Å². The van der Waals surface area contributed by atoms with E-state index in [2.05, 4.69) is 37.7 Å². The molecule has 3 heteroatoms. The van der Waals surface area contributed by atoms with Crippen molar-refractivity contribution in [1.82, 2.24) is 0 Å². The van der Waals surface area contributed by atoms with Crippen molar-refractivity contribution in [1.29, 1.82) is 0 Å². The van der Waals surface area contributed by atoms with Crippen molar-refractivity contribution < 1.29 is 10.2 Å². The first-order chi connectivity index (χ1) is 5.87. The van der Waals surface area contributed by atoms with Gasteiger partial charge in [0, 0.05) is 6.42 Å². The van der Waals surface area contributed by atoms with E-state index in [9.17, 15) is 5.11 Å². The van der Waals surface area contributed by atoms with Gasteiger partial charge in [0.15, 0.2) is 0 Å². The molecule has 0 spiro atoms. The minimum absolute atomic E-state index is 0.317. The van der Waals surface area contributed by atoms with E-state index in [4.69, 9.17) is 5.11 Å². The minimum atomic E-state index is -1.35. The van der Waals surface area contributed by atoms with Gasteiger partial charge >= 0.3 is 0 Å². The SMILES string of the molecule is C=C[C@H](O)[C@@H](O)CC#C[Si](C)(C)C. The Labute approximate surface area is 81.3 Å². The Morgan fingerprint density at radius 1 is 1.38 bits per heavy atom. The summed E-state index contributed by atoms with van der Waals surface area (Å²) >= 11 is 0. The fourth-order valence-electron chi connectivity index (χ4n) is 0.699. The van der Waals surface area contributed by atoms with Crippen LogP contribution in [0.15, 0.2) is 12.7 Å². The van der Waals surface area contributed by atoms with E-state index < -0.39 is 20.3 Å². The first-order valence-electron chi connectivity index (χ1n) is 4.35. The largest absolute Gasteiger partial charge is 0.389 e. The summed E-state index contributed by atoms with van der Waals surface area (Å²) in [5, 5.41) is 18.4. The highest BCUT2D eigenvalue weighted by molar-refractivity contribution is 6.83. The molecular formula is C10H18O2Si. The van der Waals surface area contributed by atoms with Gasteiger partial charge in [-0.25, -0.2) is 0 Å². The van der Waals surface area contributed by atoms with Crippen molar-refractivity contribution in [2.24, 2.45) is 0 Å². The number of hydrogen-bond donors (Lipinski definition) is 2. The maximum Gasteiger partial charge on any atom is 0.129 e. The van der Waals surface area contributed by atoms with Crippen LogP contribution >= 0.6 is 0 Å². The quantitative estimate of drug-likeness (QED) is 0.406. The Morgan fingerprint density at radius 2 is 1.92 bits per heavy atom. The summed E-state index contributed by atoms with van der Waals surface area (Å²) in [5.74, 6) is 2.89. The highest BCUT2D eigenvalue weighted by atomic mass is 28.3. The van der Waals surface area contributed by atoms with Crippen LogP contribution in [0.2, 0.25) is 19.6 Å². The maximum absolute atomic E-state index is 9.31. The monoisotopic (exact) mass is 198 g/mol. The molecule has 0 aromatic rings. The molecule has 0 rings (SSSR count). The van der Waals surface area contributed by atoms with Crippen LogP contribution in [-0.4, -0.2) is 30.5 Å². The summed E-state index contributed by atoms with van der Waals surface area (Å²) in [7, 11) is -1.35. The first-order valence-corrected chi connectivity index (χ1v) is 7.85. The number of rotatable bonds is 3. The van der Waals surface area contributed by atoms with Crippen molar-refractivity contribution in [3.63, 3.8) is 0 Å². The average Bonchev–Trinajstić information content (AvgIpc) is 2.00. The standard InChI is InChI=1S/C10H18O2Si/c1-5-9(11)10(12)7-6-8-13(2,3)4/h5,9-12H,1,7H2,2-4H3/t9-,10-/m0/s1. The Balaban J connectivity index is 4.00. The molecule has 13 heavy (non-hydrogen) atoms. The number of aliphatic hydroxyl groups excluding tert-OH is 2. The molecule has 0 aliphatic heterocycles. The zero-order valence-corrected chi connectivity index (χ0v) is 9.54. The van der Waals surface area contributed by atoms with E-state index in [-0.39, 0.29) is 0 Å². The second-order valence-electron chi connectivity index (χ2n) is 4.05. The van der Waals surface area contributed by atoms with Crippen molar-refractivity contribution in [2.75, 3.05) is 0 Å². The van der Waals surface area contributed by atoms with E-state index in [0.717, 1.165) is 0 Å². The molecular weight excluding hydrogens is 180 g/mol. The number of hydrogen-bond acceptors (Lipinski definition) is 2. The summed E-state index contributed by atoms with van der Waals surface area (Å²) in [4.78, 5) is 0. The van der Waals surface area contributed by atoms with Crippen molar-refractivity contribution in [3.8, 4) is 11.5 Å².